The first-order chi connectivity index (χ1) is 17.0. The van der Waals surface area contributed by atoms with Crippen molar-refractivity contribution < 1.29 is 9.13 Å². The molecule has 3 aromatic rings. The molecular formula is C25H32FN7OS. The summed E-state index contributed by atoms with van der Waals surface area (Å²) in [5.41, 5.74) is 2.59. The number of benzene rings is 2. The number of nitrogens with zero attached hydrogens (tertiary/aromatic N) is 4. The maximum absolute atomic E-state index is 14.6. The number of hydrogen-bond acceptors (Lipinski definition) is 9. The van der Waals surface area contributed by atoms with E-state index in [0.717, 1.165) is 47.7 Å². The maximum atomic E-state index is 14.6. The van der Waals surface area contributed by atoms with E-state index >= 15 is 0 Å². The van der Waals surface area contributed by atoms with Crippen molar-refractivity contribution in [3.8, 4) is 5.75 Å². The summed E-state index contributed by atoms with van der Waals surface area (Å²) in [6.45, 7) is 4.46. The maximum Gasteiger partial charge on any atom is 0.229 e. The molecular weight excluding hydrogens is 465 g/mol. The molecule has 2 heterocycles. The normalized spacial score (nSPS) is 15.5. The molecule has 1 fully saturated rings. The fourth-order valence-electron chi connectivity index (χ4n) is 4.02. The summed E-state index contributed by atoms with van der Waals surface area (Å²) >= 11 is 1.44. The lowest BCUT2D eigenvalue weighted by atomic mass is 10.2. The summed E-state index contributed by atoms with van der Waals surface area (Å²) < 4.78 is 23.5. The van der Waals surface area contributed by atoms with Crippen LogP contribution in [0.15, 0.2) is 53.6 Å². The van der Waals surface area contributed by atoms with Crippen molar-refractivity contribution in [1.82, 2.24) is 19.6 Å². The van der Waals surface area contributed by atoms with E-state index in [2.05, 4.69) is 55.3 Å². The fraction of sp³-hybridized carbons (Fsp3) is 0.360. The van der Waals surface area contributed by atoms with Gasteiger partial charge in [0.05, 0.1) is 24.2 Å². The zero-order valence-corrected chi connectivity index (χ0v) is 21.3. The molecule has 0 amide bonds. The average molecular weight is 498 g/mol. The highest BCUT2D eigenvalue weighted by atomic mass is 32.2. The van der Waals surface area contributed by atoms with Crippen molar-refractivity contribution >= 4 is 40.8 Å². The monoisotopic (exact) mass is 497 g/mol. The van der Waals surface area contributed by atoms with E-state index in [4.69, 9.17) is 4.74 Å². The molecule has 1 saturated heterocycles. The molecule has 8 nitrogen and oxygen atoms in total. The Balaban J connectivity index is 1.55. The Morgan fingerprint density at radius 3 is 2.74 bits per heavy atom. The lowest BCUT2D eigenvalue weighted by Gasteiger charge is -2.23. The predicted octanol–water partition coefficient (Wildman–Crippen LogP) is 4.87. The Morgan fingerprint density at radius 1 is 1.17 bits per heavy atom. The van der Waals surface area contributed by atoms with E-state index in [-0.39, 0.29) is 11.8 Å². The van der Waals surface area contributed by atoms with Gasteiger partial charge < -0.3 is 25.2 Å². The van der Waals surface area contributed by atoms with Crippen LogP contribution < -0.4 is 25.0 Å². The number of rotatable bonds is 10. The number of anilines is 5. The van der Waals surface area contributed by atoms with Crippen molar-refractivity contribution in [2.75, 3.05) is 56.4 Å². The van der Waals surface area contributed by atoms with Crippen LogP contribution >= 0.6 is 11.9 Å². The summed E-state index contributed by atoms with van der Waals surface area (Å²) in [5.74, 6) is 0.532. The van der Waals surface area contributed by atoms with E-state index in [0.29, 0.717) is 18.4 Å². The number of hydrogen-bond donors (Lipinski definition) is 3. The Labute approximate surface area is 210 Å². The molecule has 1 atom stereocenters. The Kier molecular flexibility index (Phi) is 8.27. The summed E-state index contributed by atoms with van der Waals surface area (Å²) in [4.78, 5) is 14.1. The average Bonchev–Trinajstić information content (AvgIpc) is 3.35. The zero-order chi connectivity index (χ0) is 24.8. The highest BCUT2D eigenvalue weighted by Crippen LogP contribution is 2.34. The third kappa shape index (κ3) is 6.14. The smallest absolute Gasteiger partial charge is 0.229 e. The number of likely N-dealkylation sites (N-methyl/N-ethyl adjacent to an activating group) is 1. The molecule has 0 radical (unpaired) electrons. The molecule has 0 aliphatic carbocycles. The molecule has 3 N–H and O–H groups in total. The first kappa shape index (κ1) is 25.0. The third-order valence-electron chi connectivity index (χ3n) is 5.87. The Bertz CT molecular complexity index is 1150. The minimum atomic E-state index is -0.537. The van der Waals surface area contributed by atoms with Crippen LogP contribution in [-0.2, 0) is 0 Å². The largest absolute Gasteiger partial charge is 0.492 e. The summed E-state index contributed by atoms with van der Waals surface area (Å²) in [7, 11) is 6.08. The second-order valence-corrected chi connectivity index (χ2v) is 9.46. The molecule has 0 saturated carbocycles. The van der Waals surface area contributed by atoms with Gasteiger partial charge in [-0.25, -0.2) is 9.37 Å². The quantitative estimate of drug-likeness (QED) is 0.340. The van der Waals surface area contributed by atoms with Gasteiger partial charge in [-0.15, -0.1) is 0 Å². The van der Waals surface area contributed by atoms with Crippen LogP contribution in [0.3, 0.4) is 0 Å². The van der Waals surface area contributed by atoms with E-state index in [9.17, 15) is 4.39 Å². The number of nitrogens with one attached hydrogen (secondary N) is 3. The molecule has 10 heteroatoms. The second kappa shape index (κ2) is 11.6. The highest BCUT2D eigenvalue weighted by molar-refractivity contribution is 7.97. The van der Waals surface area contributed by atoms with Gasteiger partial charge in [-0.1, -0.05) is 12.1 Å². The van der Waals surface area contributed by atoms with Gasteiger partial charge in [0.2, 0.25) is 5.95 Å². The van der Waals surface area contributed by atoms with Crippen LogP contribution in [0.1, 0.15) is 13.3 Å². The first-order valence-electron chi connectivity index (χ1n) is 11.7. The van der Waals surface area contributed by atoms with Crippen LogP contribution in [-0.4, -0.2) is 61.7 Å². The van der Waals surface area contributed by atoms with Gasteiger partial charge in [0.15, 0.2) is 11.6 Å². The molecule has 1 aromatic heterocycles. The molecule has 1 unspecified atom stereocenters. The molecule has 1 aliphatic heterocycles. The number of para-hydroxylation sites is 1. The van der Waals surface area contributed by atoms with E-state index in [1.165, 1.54) is 11.9 Å². The molecule has 186 valence electrons. The van der Waals surface area contributed by atoms with Crippen molar-refractivity contribution in [2.24, 2.45) is 0 Å². The minimum absolute atomic E-state index is 0.0908. The lowest BCUT2D eigenvalue weighted by Crippen LogP contribution is -2.31. The Hall–Kier alpha value is -3.08. The van der Waals surface area contributed by atoms with E-state index in [1.54, 1.807) is 0 Å². The summed E-state index contributed by atoms with van der Waals surface area (Å²) in [5, 5.41) is 6.28. The van der Waals surface area contributed by atoms with Gasteiger partial charge in [0.25, 0.3) is 0 Å². The predicted molar refractivity (Wildman–Crippen MR) is 142 cm³/mol. The van der Waals surface area contributed by atoms with Gasteiger partial charge in [-0.05, 0) is 70.7 Å². The van der Waals surface area contributed by atoms with Crippen molar-refractivity contribution in [3.05, 3.63) is 54.5 Å². The zero-order valence-electron chi connectivity index (χ0n) is 20.5. The standard InChI is InChI=1S/C25H32FN7OS/c1-5-34-22-14-17(33-13-12-18(16-33)32(3)4)10-11-20(22)30-25-28-15-19(26)24(31-25)29-21-8-6-7-9-23(21)35-27-2/h6-11,14-15,18,27H,5,12-13,16H2,1-4H3,(H2,28,29,30,31). The topological polar surface area (TPSA) is 77.6 Å². The third-order valence-corrected chi connectivity index (χ3v) is 6.65. The molecule has 2 aromatic carbocycles. The molecule has 0 spiro atoms. The van der Waals surface area contributed by atoms with Gasteiger partial charge in [-0.3, -0.25) is 4.72 Å². The van der Waals surface area contributed by atoms with Gasteiger partial charge in [-0.2, -0.15) is 4.98 Å². The number of ether oxygens (including phenoxy) is 1. The van der Waals surface area contributed by atoms with Crippen molar-refractivity contribution in [3.63, 3.8) is 0 Å². The van der Waals surface area contributed by atoms with Gasteiger partial charge >= 0.3 is 0 Å². The van der Waals surface area contributed by atoms with Crippen molar-refractivity contribution in [1.29, 1.82) is 0 Å². The SMILES string of the molecule is CCOc1cc(N2CCC(N(C)C)C2)ccc1Nc1ncc(F)c(Nc2ccccc2SNC)n1. The molecule has 4 rings (SSSR count). The van der Waals surface area contributed by atoms with Crippen LogP contribution in [0.25, 0.3) is 0 Å². The number of aromatic nitrogens is 2. The highest BCUT2D eigenvalue weighted by Gasteiger charge is 2.25. The van der Waals surface area contributed by atoms with E-state index < -0.39 is 5.82 Å². The van der Waals surface area contributed by atoms with Crippen LogP contribution in [0.5, 0.6) is 5.75 Å². The van der Waals surface area contributed by atoms with Crippen LogP contribution in [0, 0.1) is 5.82 Å². The Morgan fingerprint density at radius 2 is 2.00 bits per heavy atom. The number of halogens is 1. The second-order valence-electron chi connectivity index (χ2n) is 8.41. The van der Waals surface area contributed by atoms with Gasteiger partial charge in [0.1, 0.15) is 5.75 Å². The first-order valence-corrected chi connectivity index (χ1v) is 12.5. The summed E-state index contributed by atoms with van der Waals surface area (Å²) in [6.07, 6.45) is 2.29. The minimum Gasteiger partial charge on any atom is -0.492 e. The molecule has 0 bridgehead atoms. The molecule has 35 heavy (non-hydrogen) atoms. The van der Waals surface area contributed by atoms with Crippen molar-refractivity contribution in [2.45, 2.75) is 24.3 Å². The van der Waals surface area contributed by atoms with Crippen LogP contribution in [0.4, 0.5) is 33.2 Å². The summed E-state index contributed by atoms with van der Waals surface area (Å²) in [6, 6.07) is 14.2. The molecule has 1 aliphatic rings. The van der Waals surface area contributed by atoms with Crippen LogP contribution in [0.2, 0.25) is 0 Å². The fourth-order valence-corrected chi connectivity index (χ4v) is 4.61. The van der Waals surface area contributed by atoms with E-state index in [1.807, 2.05) is 50.4 Å². The van der Waals surface area contributed by atoms with Gasteiger partial charge in [0, 0.05) is 35.8 Å². The lowest BCUT2D eigenvalue weighted by molar-refractivity contribution is 0.315.